The summed E-state index contributed by atoms with van der Waals surface area (Å²) in [6.07, 6.45) is 4.81. The third-order valence-corrected chi connectivity index (χ3v) is 4.00. The van der Waals surface area contributed by atoms with Gasteiger partial charge >= 0.3 is 0 Å². The predicted molar refractivity (Wildman–Crippen MR) is 66.7 cm³/mol. The smallest absolute Gasteiger partial charge is 0.0853 e. The molecule has 1 unspecified atom stereocenters. The van der Waals surface area contributed by atoms with Gasteiger partial charge in [-0.1, -0.05) is 6.92 Å². The minimum atomic E-state index is -0.0174. The first kappa shape index (κ1) is 13.9. The molecule has 0 saturated heterocycles. The largest absolute Gasteiger partial charge is 0.380 e. The van der Waals surface area contributed by atoms with E-state index >= 15 is 0 Å². The molecule has 1 aliphatic carbocycles. The molecule has 96 valence electrons. The van der Waals surface area contributed by atoms with Gasteiger partial charge in [0.15, 0.2) is 0 Å². The van der Waals surface area contributed by atoms with Gasteiger partial charge in [0.25, 0.3) is 0 Å². The van der Waals surface area contributed by atoms with Crippen LogP contribution in [0.5, 0.6) is 0 Å². The van der Waals surface area contributed by atoms with Crippen LogP contribution < -0.4 is 5.32 Å². The fourth-order valence-corrected chi connectivity index (χ4v) is 2.68. The van der Waals surface area contributed by atoms with Crippen LogP contribution >= 0.6 is 0 Å². The van der Waals surface area contributed by atoms with E-state index < -0.39 is 0 Å². The highest BCUT2D eigenvalue weighted by Gasteiger charge is 2.40. The fraction of sp³-hybridized carbons (Fsp3) is 1.00. The van der Waals surface area contributed by atoms with Crippen LogP contribution in [0.2, 0.25) is 0 Å². The molecule has 0 bridgehead atoms. The highest BCUT2D eigenvalue weighted by atomic mass is 16.5. The molecule has 16 heavy (non-hydrogen) atoms. The summed E-state index contributed by atoms with van der Waals surface area (Å²) in [5.41, 5.74) is -0.0174. The number of hydrogen-bond donors (Lipinski definition) is 1. The normalized spacial score (nSPS) is 32.6. The van der Waals surface area contributed by atoms with Crippen molar-refractivity contribution in [3.05, 3.63) is 0 Å². The second kappa shape index (κ2) is 6.58. The Hall–Kier alpha value is -0.120. The average molecular weight is 229 g/mol. The Bertz CT molecular complexity index is 188. The van der Waals surface area contributed by atoms with Crippen molar-refractivity contribution in [3.63, 3.8) is 0 Å². The van der Waals surface area contributed by atoms with Crippen LogP contribution in [-0.4, -0.2) is 39.0 Å². The molecule has 3 heteroatoms. The van der Waals surface area contributed by atoms with Crippen LogP contribution in [0.4, 0.5) is 0 Å². The number of methoxy groups -OCH3 is 1. The lowest BCUT2D eigenvalue weighted by molar-refractivity contribution is -0.0900. The molecule has 1 saturated carbocycles. The van der Waals surface area contributed by atoms with Crippen molar-refractivity contribution in [2.75, 3.05) is 27.4 Å². The van der Waals surface area contributed by atoms with Crippen molar-refractivity contribution in [3.8, 4) is 0 Å². The number of likely N-dealkylation sites (N-methyl/N-ethyl adjacent to an activating group) is 1. The van der Waals surface area contributed by atoms with E-state index in [1.165, 1.54) is 12.8 Å². The molecule has 0 heterocycles. The average Bonchev–Trinajstić information content (AvgIpc) is 2.32. The Kier molecular flexibility index (Phi) is 5.73. The van der Waals surface area contributed by atoms with Gasteiger partial charge in [0, 0.05) is 13.7 Å². The minimum absolute atomic E-state index is 0.0174. The SMILES string of the molecule is CCOCC(NC)C1(OC)CCC(C)CC1. The van der Waals surface area contributed by atoms with E-state index in [1.807, 2.05) is 21.1 Å². The summed E-state index contributed by atoms with van der Waals surface area (Å²) in [6, 6.07) is 0.310. The Morgan fingerprint density at radius 2 is 2.00 bits per heavy atom. The van der Waals surface area contributed by atoms with Crippen molar-refractivity contribution in [2.24, 2.45) is 5.92 Å². The maximum atomic E-state index is 5.83. The first-order valence-electron chi connectivity index (χ1n) is 6.48. The van der Waals surface area contributed by atoms with Crippen LogP contribution in [0.1, 0.15) is 39.5 Å². The molecule has 1 fully saturated rings. The van der Waals surface area contributed by atoms with E-state index in [0.29, 0.717) is 6.04 Å². The molecule has 0 amide bonds. The molecule has 1 rings (SSSR count). The number of nitrogens with one attached hydrogen (secondary N) is 1. The van der Waals surface area contributed by atoms with Crippen molar-refractivity contribution in [2.45, 2.75) is 51.2 Å². The lowest BCUT2D eigenvalue weighted by atomic mass is 9.75. The van der Waals surface area contributed by atoms with Gasteiger partial charge in [-0.2, -0.15) is 0 Å². The van der Waals surface area contributed by atoms with Crippen molar-refractivity contribution >= 4 is 0 Å². The lowest BCUT2D eigenvalue weighted by Gasteiger charge is -2.43. The molecular weight excluding hydrogens is 202 g/mol. The van der Waals surface area contributed by atoms with Gasteiger partial charge in [-0.25, -0.2) is 0 Å². The monoisotopic (exact) mass is 229 g/mol. The molecule has 1 aliphatic rings. The summed E-state index contributed by atoms with van der Waals surface area (Å²) in [5.74, 6) is 0.841. The Morgan fingerprint density at radius 1 is 1.38 bits per heavy atom. The first-order chi connectivity index (χ1) is 7.68. The van der Waals surface area contributed by atoms with E-state index in [4.69, 9.17) is 9.47 Å². The van der Waals surface area contributed by atoms with Gasteiger partial charge in [0.2, 0.25) is 0 Å². The maximum absolute atomic E-state index is 5.83. The lowest BCUT2D eigenvalue weighted by Crippen LogP contribution is -2.55. The van der Waals surface area contributed by atoms with E-state index in [-0.39, 0.29) is 5.60 Å². The molecule has 1 atom stereocenters. The predicted octanol–water partition coefficient (Wildman–Crippen LogP) is 2.21. The molecule has 0 aromatic heterocycles. The third kappa shape index (κ3) is 3.19. The van der Waals surface area contributed by atoms with Gasteiger partial charge in [-0.15, -0.1) is 0 Å². The Morgan fingerprint density at radius 3 is 2.44 bits per heavy atom. The highest BCUT2D eigenvalue weighted by molar-refractivity contribution is 4.95. The zero-order chi connectivity index (χ0) is 12.0. The van der Waals surface area contributed by atoms with Crippen molar-refractivity contribution in [1.29, 1.82) is 0 Å². The van der Waals surface area contributed by atoms with Gasteiger partial charge in [-0.05, 0) is 45.6 Å². The second-order valence-corrected chi connectivity index (χ2v) is 4.95. The summed E-state index contributed by atoms with van der Waals surface area (Å²) in [7, 11) is 3.84. The Labute approximate surface area is 99.9 Å². The summed E-state index contributed by atoms with van der Waals surface area (Å²) in [4.78, 5) is 0. The molecular formula is C13H27NO2. The van der Waals surface area contributed by atoms with Crippen LogP contribution in [-0.2, 0) is 9.47 Å². The van der Waals surface area contributed by atoms with E-state index in [2.05, 4.69) is 12.2 Å². The number of rotatable bonds is 6. The summed E-state index contributed by atoms with van der Waals surface area (Å²) in [5, 5.41) is 3.36. The Balaban J connectivity index is 2.61. The molecule has 0 aromatic carbocycles. The van der Waals surface area contributed by atoms with E-state index in [0.717, 1.165) is 32.0 Å². The van der Waals surface area contributed by atoms with Gasteiger partial charge < -0.3 is 14.8 Å². The fourth-order valence-electron chi connectivity index (χ4n) is 2.68. The molecule has 0 radical (unpaired) electrons. The number of ether oxygens (including phenoxy) is 2. The topological polar surface area (TPSA) is 30.5 Å². The third-order valence-electron chi connectivity index (χ3n) is 4.00. The molecule has 1 N–H and O–H groups in total. The quantitative estimate of drug-likeness (QED) is 0.757. The first-order valence-corrected chi connectivity index (χ1v) is 6.48. The van der Waals surface area contributed by atoms with Gasteiger partial charge in [-0.3, -0.25) is 0 Å². The zero-order valence-electron chi connectivity index (χ0n) is 11.2. The molecule has 0 aliphatic heterocycles. The summed E-state index contributed by atoms with van der Waals surface area (Å²) < 4.78 is 11.4. The van der Waals surface area contributed by atoms with Crippen LogP contribution in [0, 0.1) is 5.92 Å². The van der Waals surface area contributed by atoms with E-state index in [1.54, 1.807) is 0 Å². The molecule has 0 spiro atoms. The number of hydrogen-bond acceptors (Lipinski definition) is 3. The molecule has 0 aromatic rings. The van der Waals surface area contributed by atoms with Crippen molar-refractivity contribution < 1.29 is 9.47 Å². The van der Waals surface area contributed by atoms with Crippen LogP contribution in [0.3, 0.4) is 0 Å². The standard InChI is InChI=1S/C13H27NO2/c1-5-16-10-12(14-3)13(15-4)8-6-11(2)7-9-13/h11-12,14H,5-10H2,1-4H3. The van der Waals surface area contributed by atoms with Crippen molar-refractivity contribution in [1.82, 2.24) is 5.32 Å². The van der Waals surface area contributed by atoms with Gasteiger partial charge in [0.1, 0.15) is 0 Å². The van der Waals surface area contributed by atoms with Crippen LogP contribution in [0.25, 0.3) is 0 Å². The highest BCUT2D eigenvalue weighted by Crippen LogP contribution is 2.36. The zero-order valence-corrected chi connectivity index (χ0v) is 11.2. The molecule has 3 nitrogen and oxygen atoms in total. The van der Waals surface area contributed by atoms with Crippen LogP contribution in [0.15, 0.2) is 0 Å². The van der Waals surface area contributed by atoms with Gasteiger partial charge in [0.05, 0.1) is 18.2 Å². The summed E-state index contributed by atoms with van der Waals surface area (Å²) in [6.45, 7) is 5.88. The minimum Gasteiger partial charge on any atom is -0.380 e. The second-order valence-electron chi connectivity index (χ2n) is 4.95. The maximum Gasteiger partial charge on any atom is 0.0853 e. The van der Waals surface area contributed by atoms with E-state index in [9.17, 15) is 0 Å². The summed E-state index contributed by atoms with van der Waals surface area (Å²) >= 11 is 0.